The van der Waals surface area contributed by atoms with Crippen molar-refractivity contribution >= 4 is 23.6 Å². The smallest absolute Gasteiger partial charge is 0.325 e. The third kappa shape index (κ3) is 6.26. The fraction of sp³-hybridized carbons (Fsp3) is 0.833. The first-order valence-corrected chi connectivity index (χ1v) is 7.03. The number of hydrogen-bond donors (Lipinski definition) is 1. The highest BCUT2D eigenvalue weighted by atomic mass is 32.2. The lowest BCUT2D eigenvalue weighted by Crippen LogP contribution is -2.48. The van der Waals surface area contributed by atoms with Crippen molar-refractivity contribution < 1.29 is 14.3 Å². The Kier molecular flexibility index (Phi) is 7.32. The summed E-state index contributed by atoms with van der Waals surface area (Å²) in [5, 5.41) is 0.119. The van der Waals surface area contributed by atoms with Crippen molar-refractivity contribution in [2.24, 2.45) is 5.73 Å². The van der Waals surface area contributed by atoms with E-state index in [1.807, 2.05) is 6.92 Å². The van der Waals surface area contributed by atoms with Crippen LogP contribution >= 0.6 is 11.8 Å². The maximum Gasteiger partial charge on any atom is 0.325 e. The van der Waals surface area contributed by atoms with Gasteiger partial charge in [-0.15, -0.1) is 11.8 Å². The van der Waals surface area contributed by atoms with Crippen molar-refractivity contribution in [2.75, 3.05) is 26.5 Å². The fourth-order valence-corrected chi connectivity index (χ4v) is 2.53. The van der Waals surface area contributed by atoms with Gasteiger partial charge in [0.05, 0.1) is 12.4 Å². The van der Waals surface area contributed by atoms with Crippen molar-refractivity contribution in [1.29, 1.82) is 0 Å². The van der Waals surface area contributed by atoms with Gasteiger partial charge in [0.1, 0.15) is 5.54 Å². The minimum absolute atomic E-state index is 0.0571. The van der Waals surface area contributed by atoms with Crippen molar-refractivity contribution in [3.63, 3.8) is 0 Å². The van der Waals surface area contributed by atoms with Gasteiger partial charge in [-0.2, -0.15) is 0 Å². The number of hydrogen-bond acceptors (Lipinski definition) is 5. The molecule has 0 radical (unpaired) electrons. The molecule has 0 saturated carbocycles. The molecule has 0 aromatic carbocycles. The van der Waals surface area contributed by atoms with Gasteiger partial charge in [0.25, 0.3) is 0 Å². The highest BCUT2D eigenvalue weighted by molar-refractivity contribution is 8.00. The Morgan fingerprint density at radius 2 is 2.00 bits per heavy atom. The standard InChI is InChI=1S/C12H24N2O3S/c1-6-17-11(16)12(3,13)7-9(2)18-8-10(15)14(4)5/h9H,6-8,13H2,1-5H3. The molecule has 5 nitrogen and oxygen atoms in total. The number of thioether (sulfide) groups is 1. The van der Waals surface area contributed by atoms with Gasteiger partial charge in [-0.1, -0.05) is 6.92 Å². The van der Waals surface area contributed by atoms with Gasteiger partial charge in [0.2, 0.25) is 5.91 Å². The van der Waals surface area contributed by atoms with E-state index in [1.165, 1.54) is 11.8 Å². The second-order valence-electron chi connectivity index (χ2n) is 4.75. The first-order chi connectivity index (χ1) is 8.20. The molecule has 0 aliphatic rings. The Balaban J connectivity index is 4.18. The van der Waals surface area contributed by atoms with E-state index in [1.54, 1.807) is 32.8 Å². The fourth-order valence-electron chi connectivity index (χ4n) is 1.38. The average molecular weight is 276 g/mol. The zero-order valence-corrected chi connectivity index (χ0v) is 12.7. The van der Waals surface area contributed by atoms with Crippen molar-refractivity contribution in [3.05, 3.63) is 0 Å². The third-order valence-corrected chi connectivity index (χ3v) is 3.59. The molecule has 0 bridgehead atoms. The van der Waals surface area contributed by atoms with Crippen LogP contribution in [0, 0.1) is 0 Å². The summed E-state index contributed by atoms with van der Waals surface area (Å²) in [6.07, 6.45) is 0.483. The van der Waals surface area contributed by atoms with Gasteiger partial charge >= 0.3 is 5.97 Å². The van der Waals surface area contributed by atoms with Crippen LogP contribution in [-0.2, 0) is 14.3 Å². The molecule has 2 N–H and O–H groups in total. The van der Waals surface area contributed by atoms with Crippen LogP contribution in [-0.4, -0.2) is 54.0 Å². The highest BCUT2D eigenvalue weighted by Crippen LogP contribution is 2.21. The zero-order chi connectivity index (χ0) is 14.3. The monoisotopic (exact) mass is 276 g/mol. The molecule has 0 heterocycles. The Morgan fingerprint density at radius 3 is 2.44 bits per heavy atom. The Hall–Kier alpha value is -0.750. The van der Waals surface area contributed by atoms with Gasteiger partial charge in [-0.05, 0) is 20.3 Å². The van der Waals surface area contributed by atoms with Gasteiger partial charge in [-0.3, -0.25) is 9.59 Å². The molecule has 0 aromatic heterocycles. The quantitative estimate of drug-likeness (QED) is 0.698. The number of amides is 1. The highest BCUT2D eigenvalue weighted by Gasteiger charge is 2.32. The normalized spacial score (nSPS) is 15.7. The predicted molar refractivity (Wildman–Crippen MR) is 74.5 cm³/mol. The minimum Gasteiger partial charge on any atom is -0.465 e. The van der Waals surface area contributed by atoms with Crippen LogP contribution in [0.5, 0.6) is 0 Å². The number of nitrogens with two attached hydrogens (primary N) is 1. The van der Waals surface area contributed by atoms with Crippen LogP contribution in [0.3, 0.4) is 0 Å². The number of carbonyl (C=O) groups is 2. The summed E-state index contributed by atoms with van der Waals surface area (Å²) in [4.78, 5) is 24.6. The van der Waals surface area contributed by atoms with E-state index in [0.717, 1.165) is 0 Å². The summed E-state index contributed by atoms with van der Waals surface area (Å²) >= 11 is 1.50. The zero-order valence-electron chi connectivity index (χ0n) is 11.9. The van der Waals surface area contributed by atoms with Gasteiger partial charge in [0, 0.05) is 19.3 Å². The maximum absolute atomic E-state index is 11.6. The lowest BCUT2D eigenvalue weighted by atomic mass is 9.98. The molecule has 0 spiro atoms. The predicted octanol–water partition coefficient (Wildman–Crippen LogP) is 0.867. The molecule has 2 unspecified atom stereocenters. The average Bonchev–Trinajstić information content (AvgIpc) is 2.25. The summed E-state index contributed by atoms with van der Waals surface area (Å²) in [5.74, 6) is 0.0608. The molecule has 0 aromatic rings. The van der Waals surface area contributed by atoms with E-state index < -0.39 is 11.5 Å². The molecule has 2 atom stereocenters. The number of rotatable bonds is 7. The van der Waals surface area contributed by atoms with Crippen LogP contribution in [0.2, 0.25) is 0 Å². The topological polar surface area (TPSA) is 72.6 Å². The molecular weight excluding hydrogens is 252 g/mol. The largest absolute Gasteiger partial charge is 0.465 e. The molecule has 0 fully saturated rings. The van der Waals surface area contributed by atoms with E-state index in [2.05, 4.69) is 0 Å². The summed E-state index contributed by atoms with van der Waals surface area (Å²) in [6.45, 7) is 5.70. The first kappa shape index (κ1) is 17.2. The van der Waals surface area contributed by atoms with Crippen LogP contribution in [0.1, 0.15) is 27.2 Å². The van der Waals surface area contributed by atoms with Crippen molar-refractivity contribution in [1.82, 2.24) is 4.90 Å². The molecule has 0 aliphatic carbocycles. The summed E-state index contributed by atoms with van der Waals surface area (Å²) in [5.41, 5.74) is 4.93. The minimum atomic E-state index is -0.996. The lowest BCUT2D eigenvalue weighted by Gasteiger charge is -2.25. The SMILES string of the molecule is CCOC(=O)C(C)(N)CC(C)SCC(=O)N(C)C. The Labute approximate surface area is 113 Å². The van der Waals surface area contributed by atoms with Crippen LogP contribution in [0.15, 0.2) is 0 Å². The summed E-state index contributed by atoms with van der Waals surface area (Å²) in [7, 11) is 3.44. The van der Waals surface area contributed by atoms with Gasteiger partial charge in [-0.25, -0.2) is 0 Å². The van der Waals surface area contributed by atoms with E-state index in [0.29, 0.717) is 18.8 Å². The molecule has 106 valence electrons. The molecule has 0 aliphatic heterocycles. The van der Waals surface area contributed by atoms with Crippen LogP contribution in [0.4, 0.5) is 0 Å². The molecule has 1 amide bonds. The second kappa shape index (κ2) is 7.63. The Morgan fingerprint density at radius 1 is 1.44 bits per heavy atom. The number of ether oxygens (including phenoxy) is 1. The van der Waals surface area contributed by atoms with E-state index in [9.17, 15) is 9.59 Å². The molecule has 0 rings (SSSR count). The number of carbonyl (C=O) groups excluding carboxylic acids is 2. The number of esters is 1. The first-order valence-electron chi connectivity index (χ1n) is 5.98. The molecule has 18 heavy (non-hydrogen) atoms. The van der Waals surface area contributed by atoms with E-state index >= 15 is 0 Å². The molecule has 0 saturated heterocycles. The van der Waals surface area contributed by atoms with Gasteiger partial charge in [0.15, 0.2) is 0 Å². The van der Waals surface area contributed by atoms with Crippen LogP contribution < -0.4 is 5.73 Å². The Bertz CT molecular complexity index is 293. The summed E-state index contributed by atoms with van der Waals surface area (Å²) < 4.78 is 4.92. The summed E-state index contributed by atoms with van der Waals surface area (Å²) in [6, 6.07) is 0. The van der Waals surface area contributed by atoms with Crippen LogP contribution in [0.25, 0.3) is 0 Å². The molecular formula is C12H24N2O3S. The maximum atomic E-state index is 11.6. The van der Waals surface area contributed by atoms with Crippen molar-refractivity contribution in [2.45, 2.75) is 38.0 Å². The van der Waals surface area contributed by atoms with Gasteiger partial charge < -0.3 is 15.4 Å². The molecule has 6 heteroatoms. The number of nitrogens with zero attached hydrogens (tertiary/aromatic N) is 1. The van der Waals surface area contributed by atoms with Crippen molar-refractivity contribution in [3.8, 4) is 0 Å². The van der Waals surface area contributed by atoms with E-state index in [4.69, 9.17) is 10.5 Å². The van der Waals surface area contributed by atoms with E-state index in [-0.39, 0.29) is 11.2 Å². The lowest BCUT2D eigenvalue weighted by molar-refractivity contribution is -0.149. The second-order valence-corrected chi connectivity index (χ2v) is 6.18. The third-order valence-electron chi connectivity index (χ3n) is 2.44.